The second-order valence-electron chi connectivity index (χ2n) is 6.48. The number of nitrogens with zero attached hydrogens (tertiary/aromatic N) is 1. The Morgan fingerprint density at radius 3 is 2.40 bits per heavy atom. The number of ether oxygens (including phenoxy) is 3. The Kier molecular flexibility index (Phi) is 6.55. The lowest BCUT2D eigenvalue weighted by Gasteiger charge is -2.46. The van der Waals surface area contributed by atoms with Gasteiger partial charge in [-0.1, -0.05) is 6.08 Å². The number of hydrogen-bond acceptors (Lipinski definition) is 7. The van der Waals surface area contributed by atoms with Gasteiger partial charge in [-0.15, -0.1) is 6.58 Å². The minimum atomic E-state index is -1.08. The molecule has 1 aliphatic heterocycles. The third-order valence-electron chi connectivity index (χ3n) is 3.28. The first-order valence-electron chi connectivity index (χ1n) is 7.67. The van der Waals surface area contributed by atoms with Gasteiger partial charge >= 0.3 is 18.0 Å². The molecule has 0 aromatic heterocycles. The van der Waals surface area contributed by atoms with Crippen LogP contribution in [0.25, 0.3) is 0 Å². The van der Waals surface area contributed by atoms with Crippen molar-refractivity contribution in [2.75, 3.05) is 13.7 Å². The van der Waals surface area contributed by atoms with Crippen molar-refractivity contribution in [3.05, 3.63) is 12.7 Å². The SMILES string of the molecule is C=CC(CN1C(=O)[C@@H](NC(=O)OC(C)(C)C)[C@@H]1OC(C)=O)C(=O)OC. The van der Waals surface area contributed by atoms with Crippen LogP contribution in [-0.4, -0.2) is 60.4 Å². The molecule has 0 bridgehead atoms. The molecule has 2 amide bonds. The van der Waals surface area contributed by atoms with Crippen LogP contribution in [0.5, 0.6) is 0 Å². The maximum atomic E-state index is 12.3. The zero-order valence-corrected chi connectivity index (χ0v) is 15.0. The summed E-state index contributed by atoms with van der Waals surface area (Å²) in [7, 11) is 1.22. The number of likely N-dealkylation sites (tertiary alicyclic amines) is 1. The summed E-state index contributed by atoms with van der Waals surface area (Å²) >= 11 is 0. The summed E-state index contributed by atoms with van der Waals surface area (Å²) < 4.78 is 14.8. The average Bonchev–Trinajstić information content (AvgIpc) is 2.49. The van der Waals surface area contributed by atoms with Gasteiger partial charge in [0.15, 0.2) is 6.04 Å². The predicted octanol–water partition coefficient (Wildman–Crippen LogP) is 0.586. The molecule has 9 heteroatoms. The maximum Gasteiger partial charge on any atom is 0.408 e. The third kappa shape index (κ3) is 5.47. The van der Waals surface area contributed by atoms with Gasteiger partial charge in [0.05, 0.1) is 13.0 Å². The first kappa shape index (κ1) is 20.5. The summed E-state index contributed by atoms with van der Waals surface area (Å²) in [6, 6.07) is -1.08. The fourth-order valence-corrected chi connectivity index (χ4v) is 2.20. The molecule has 1 unspecified atom stereocenters. The van der Waals surface area contributed by atoms with Gasteiger partial charge in [0, 0.05) is 13.5 Å². The quantitative estimate of drug-likeness (QED) is 0.321. The Labute approximate surface area is 146 Å². The molecule has 0 aliphatic carbocycles. The Morgan fingerprint density at radius 1 is 1.36 bits per heavy atom. The lowest BCUT2D eigenvalue weighted by Crippen LogP contribution is -2.72. The summed E-state index contributed by atoms with van der Waals surface area (Å²) in [4.78, 5) is 48.2. The van der Waals surface area contributed by atoms with Crippen molar-refractivity contribution < 1.29 is 33.4 Å². The van der Waals surface area contributed by atoms with E-state index in [0.29, 0.717) is 0 Å². The molecule has 1 aliphatic rings. The lowest BCUT2D eigenvalue weighted by molar-refractivity contribution is -0.191. The van der Waals surface area contributed by atoms with E-state index < -0.39 is 47.7 Å². The number of carbonyl (C=O) groups is 4. The minimum Gasteiger partial charge on any atom is -0.469 e. The molecule has 25 heavy (non-hydrogen) atoms. The van der Waals surface area contributed by atoms with Crippen LogP contribution in [0.1, 0.15) is 27.7 Å². The van der Waals surface area contributed by atoms with Crippen molar-refractivity contribution in [2.24, 2.45) is 5.92 Å². The van der Waals surface area contributed by atoms with E-state index in [-0.39, 0.29) is 6.54 Å². The molecule has 1 rings (SSSR count). The standard InChI is InChI=1S/C16H24N2O7/c1-7-10(14(21)23-6)8-18-12(20)11(13(18)24-9(2)19)17-15(22)25-16(3,4)5/h7,10-11,13H,1,8H2,2-6H3,(H,17,22)/t10?,11-,13+/m1/s1. The van der Waals surface area contributed by atoms with Gasteiger partial charge in [0.1, 0.15) is 5.60 Å². The second-order valence-corrected chi connectivity index (χ2v) is 6.48. The monoisotopic (exact) mass is 356 g/mol. The van der Waals surface area contributed by atoms with Crippen LogP contribution in [0.4, 0.5) is 4.79 Å². The van der Waals surface area contributed by atoms with Crippen LogP contribution in [-0.2, 0) is 28.6 Å². The highest BCUT2D eigenvalue weighted by molar-refractivity contribution is 5.93. The van der Waals surface area contributed by atoms with E-state index in [4.69, 9.17) is 9.47 Å². The topological polar surface area (TPSA) is 111 Å². The third-order valence-corrected chi connectivity index (χ3v) is 3.28. The molecular formula is C16H24N2O7. The Hall–Kier alpha value is -2.58. The van der Waals surface area contributed by atoms with E-state index in [0.717, 1.165) is 4.90 Å². The molecule has 140 valence electrons. The average molecular weight is 356 g/mol. The first-order chi connectivity index (χ1) is 11.5. The van der Waals surface area contributed by atoms with Crippen LogP contribution in [0, 0.1) is 5.92 Å². The number of alkyl carbamates (subject to hydrolysis) is 1. The second kappa shape index (κ2) is 8.00. The van der Waals surface area contributed by atoms with Crippen molar-refractivity contribution in [1.82, 2.24) is 10.2 Å². The Bertz CT molecular complexity index is 567. The molecule has 3 atom stereocenters. The highest BCUT2D eigenvalue weighted by Crippen LogP contribution is 2.24. The fourth-order valence-electron chi connectivity index (χ4n) is 2.20. The Balaban J connectivity index is 2.83. The van der Waals surface area contributed by atoms with E-state index in [1.165, 1.54) is 20.1 Å². The first-order valence-corrected chi connectivity index (χ1v) is 7.67. The smallest absolute Gasteiger partial charge is 0.408 e. The van der Waals surface area contributed by atoms with Gasteiger partial charge < -0.3 is 24.4 Å². The van der Waals surface area contributed by atoms with Gasteiger partial charge in [0.25, 0.3) is 5.91 Å². The molecule has 0 radical (unpaired) electrons. The summed E-state index contributed by atoms with van der Waals surface area (Å²) in [5.41, 5.74) is -0.744. The van der Waals surface area contributed by atoms with E-state index >= 15 is 0 Å². The summed E-state index contributed by atoms with van der Waals surface area (Å²) in [6.07, 6.45) is -0.515. The summed E-state index contributed by atoms with van der Waals surface area (Å²) in [6.45, 7) is 9.65. The van der Waals surface area contributed by atoms with Crippen molar-refractivity contribution in [1.29, 1.82) is 0 Å². The van der Waals surface area contributed by atoms with Crippen LogP contribution < -0.4 is 5.32 Å². The van der Waals surface area contributed by atoms with Crippen molar-refractivity contribution in [3.63, 3.8) is 0 Å². The van der Waals surface area contributed by atoms with Gasteiger partial charge in [-0.3, -0.25) is 14.4 Å². The predicted molar refractivity (Wildman–Crippen MR) is 86.1 cm³/mol. The zero-order chi connectivity index (χ0) is 19.4. The molecule has 0 aromatic rings. The van der Waals surface area contributed by atoms with Crippen molar-refractivity contribution in [3.8, 4) is 0 Å². The molecular weight excluding hydrogens is 332 g/mol. The molecule has 1 saturated heterocycles. The van der Waals surface area contributed by atoms with Crippen LogP contribution in [0.2, 0.25) is 0 Å². The number of nitrogens with one attached hydrogen (secondary N) is 1. The van der Waals surface area contributed by atoms with Crippen LogP contribution in [0.15, 0.2) is 12.7 Å². The normalized spacial score (nSPS) is 20.8. The number of rotatable bonds is 6. The van der Waals surface area contributed by atoms with Gasteiger partial charge in [-0.05, 0) is 20.8 Å². The van der Waals surface area contributed by atoms with E-state index in [1.54, 1.807) is 20.8 Å². The minimum absolute atomic E-state index is 0.0839. The molecule has 9 nitrogen and oxygen atoms in total. The number of hydrogen-bond donors (Lipinski definition) is 1. The maximum absolute atomic E-state index is 12.3. The van der Waals surface area contributed by atoms with Crippen LogP contribution >= 0.6 is 0 Å². The largest absolute Gasteiger partial charge is 0.469 e. The van der Waals surface area contributed by atoms with Crippen molar-refractivity contribution in [2.45, 2.75) is 45.6 Å². The summed E-state index contributed by atoms with van der Waals surface area (Å²) in [5.74, 6) is -2.50. The Morgan fingerprint density at radius 2 is 1.96 bits per heavy atom. The number of esters is 2. The van der Waals surface area contributed by atoms with Gasteiger partial charge in [-0.25, -0.2) is 4.79 Å². The van der Waals surface area contributed by atoms with Gasteiger partial charge in [0.2, 0.25) is 6.23 Å². The van der Waals surface area contributed by atoms with Gasteiger partial charge in [-0.2, -0.15) is 0 Å². The zero-order valence-electron chi connectivity index (χ0n) is 15.0. The molecule has 0 aromatic carbocycles. The van der Waals surface area contributed by atoms with E-state index in [2.05, 4.69) is 16.6 Å². The highest BCUT2D eigenvalue weighted by Gasteiger charge is 2.52. The number of carbonyl (C=O) groups excluding carboxylic acids is 4. The number of β-lactam (4-membered cyclic amide) rings is 1. The number of methoxy groups -OCH3 is 1. The molecule has 0 spiro atoms. The number of amides is 2. The molecule has 1 N–H and O–H groups in total. The van der Waals surface area contributed by atoms with Crippen LogP contribution in [0.3, 0.4) is 0 Å². The van der Waals surface area contributed by atoms with E-state index in [9.17, 15) is 19.2 Å². The van der Waals surface area contributed by atoms with E-state index in [1.807, 2.05) is 0 Å². The fraction of sp³-hybridized carbons (Fsp3) is 0.625. The lowest BCUT2D eigenvalue weighted by atomic mass is 10.0. The summed E-state index contributed by atoms with van der Waals surface area (Å²) in [5, 5.41) is 2.37. The molecule has 0 saturated carbocycles. The van der Waals surface area contributed by atoms with Crippen molar-refractivity contribution >= 4 is 23.9 Å². The highest BCUT2D eigenvalue weighted by atomic mass is 16.6. The molecule has 1 fully saturated rings. The molecule has 1 heterocycles.